The fraction of sp³-hybridized carbons (Fsp3) is 0.533. The number of hydrogen-bond donors (Lipinski definition) is 2. The zero-order valence-electron chi connectivity index (χ0n) is 23.0. The Balaban J connectivity index is 1.40. The van der Waals surface area contributed by atoms with Gasteiger partial charge in [-0.05, 0) is 74.0 Å². The molecule has 5 heterocycles. The molecule has 1 atom stereocenters. The Morgan fingerprint density at radius 3 is 2.70 bits per heavy atom. The van der Waals surface area contributed by atoms with Crippen LogP contribution in [0.1, 0.15) is 51.0 Å². The maximum Gasteiger partial charge on any atom is 0.319 e. The molecule has 2 aromatic carbocycles. The van der Waals surface area contributed by atoms with Gasteiger partial charge in [0.2, 0.25) is 0 Å². The SMILES string of the molecule is CC(C)c1c(Cl)cc(O)cc1-c1cc2nc(OCC34CCCN3CCC4)nc3c2c(c1Cl)OCC1CNCCN31. The van der Waals surface area contributed by atoms with Crippen LogP contribution >= 0.6 is 23.2 Å². The van der Waals surface area contributed by atoms with Crippen LogP contribution in [-0.2, 0) is 0 Å². The highest BCUT2D eigenvalue weighted by Crippen LogP contribution is 2.49. The normalized spacial score (nSPS) is 21.8. The number of aromatic hydroxyl groups is 1. The first kappa shape index (κ1) is 26.4. The van der Waals surface area contributed by atoms with E-state index in [2.05, 4.69) is 29.0 Å². The number of nitrogens with zero attached hydrogens (tertiary/aromatic N) is 4. The number of phenolic OH excluding ortho intramolecular Hbond substituents is 1. The van der Waals surface area contributed by atoms with E-state index in [1.807, 2.05) is 6.07 Å². The molecule has 2 N–H and O–H groups in total. The van der Waals surface area contributed by atoms with Gasteiger partial charge in [-0.1, -0.05) is 37.0 Å². The smallest absolute Gasteiger partial charge is 0.319 e. The summed E-state index contributed by atoms with van der Waals surface area (Å²) in [6, 6.07) is 5.75. The molecule has 10 heteroatoms. The van der Waals surface area contributed by atoms with Crippen molar-refractivity contribution in [2.45, 2.75) is 57.0 Å². The van der Waals surface area contributed by atoms with Crippen LogP contribution in [0.4, 0.5) is 5.82 Å². The summed E-state index contributed by atoms with van der Waals surface area (Å²) >= 11 is 13.8. The number of fused-ring (bicyclic) bond motifs is 3. The number of piperazine rings is 1. The molecular weight excluding hydrogens is 549 g/mol. The lowest BCUT2D eigenvalue weighted by Gasteiger charge is -2.35. The van der Waals surface area contributed by atoms with Crippen molar-refractivity contribution in [1.82, 2.24) is 20.2 Å². The van der Waals surface area contributed by atoms with Crippen LogP contribution < -0.4 is 19.7 Å². The number of benzene rings is 2. The molecule has 4 aliphatic heterocycles. The molecular formula is C30H35Cl2N5O3. The summed E-state index contributed by atoms with van der Waals surface area (Å²) in [4.78, 5) is 14.8. The van der Waals surface area contributed by atoms with Gasteiger partial charge in [-0.3, -0.25) is 4.90 Å². The molecule has 4 aliphatic rings. The Kier molecular flexibility index (Phi) is 6.65. The second kappa shape index (κ2) is 10.1. The lowest BCUT2D eigenvalue weighted by atomic mass is 9.91. The summed E-state index contributed by atoms with van der Waals surface area (Å²) in [6.45, 7) is 9.94. The van der Waals surface area contributed by atoms with Crippen molar-refractivity contribution < 1.29 is 14.6 Å². The number of halogens is 2. The van der Waals surface area contributed by atoms with E-state index in [0.29, 0.717) is 40.5 Å². The lowest BCUT2D eigenvalue weighted by Crippen LogP contribution is -2.53. The molecule has 40 heavy (non-hydrogen) atoms. The van der Waals surface area contributed by atoms with Gasteiger partial charge >= 0.3 is 6.01 Å². The van der Waals surface area contributed by atoms with Gasteiger partial charge in [0.1, 0.15) is 24.8 Å². The Morgan fingerprint density at radius 1 is 1.12 bits per heavy atom. The van der Waals surface area contributed by atoms with E-state index >= 15 is 0 Å². The van der Waals surface area contributed by atoms with Crippen LogP contribution in [-0.4, -0.2) is 77.5 Å². The first-order valence-electron chi connectivity index (χ1n) is 14.4. The van der Waals surface area contributed by atoms with Crippen molar-refractivity contribution in [2.24, 2.45) is 0 Å². The van der Waals surface area contributed by atoms with Gasteiger partial charge in [-0.25, -0.2) is 0 Å². The third-order valence-electron chi connectivity index (χ3n) is 9.15. The minimum Gasteiger partial charge on any atom is -0.508 e. The van der Waals surface area contributed by atoms with E-state index in [1.54, 1.807) is 12.1 Å². The predicted octanol–water partition coefficient (Wildman–Crippen LogP) is 5.61. The molecule has 1 aromatic heterocycles. The van der Waals surface area contributed by atoms with Crippen LogP contribution in [0.15, 0.2) is 18.2 Å². The van der Waals surface area contributed by atoms with E-state index in [0.717, 1.165) is 73.5 Å². The molecule has 3 fully saturated rings. The molecule has 3 aromatic rings. The van der Waals surface area contributed by atoms with Crippen molar-refractivity contribution in [3.8, 4) is 28.6 Å². The van der Waals surface area contributed by atoms with Crippen molar-refractivity contribution in [2.75, 3.05) is 50.8 Å². The first-order valence-corrected chi connectivity index (χ1v) is 15.2. The van der Waals surface area contributed by atoms with Crippen LogP contribution in [0.25, 0.3) is 22.0 Å². The Hall–Kier alpha value is -2.52. The fourth-order valence-electron chi connectivity index (χ4n) is 7.24. The minimum absolute atomic E-state index is 0.0832. The molecule has 3 saturated heterocycles. The quantitative estimate of drug-likeness (QED) is 0.401. The average Bonchev–Trinajstić information content (AvgIpc) is 3.46. The second-order valence-electron chi connectivity index (χ2n) is 11.9. The molecule has 0 bridgehead atoms. The van der Waals surface area contributed by atoms with E-state index in [-0.39, 0.29) is 23.2 Å². The van der Waals surface area contributed by atoms with Crippen molar-refractivity contribution in [1.29, 1.82) is 0 Å². The zero-order chi connectivity index (χ0) is 27.6. The summed E-state index contributed by atoms with van der Waals surface area (Å²) in [5.41, 5.74) is 3.19. The minimum atomic E-state index is 0.0832. The van der Waals surface area contributed by atoms with Gasteiger partial charge in [0.05, 0.1) is 27.5 Å². The summed E-state index contributed by atoms with van der Waals surface area (Å²) in [6.07, 6.45) is 4.73. The number of anilines is 1. The molecule has 0 aliphatic carbocycles. The molecule has 1 unspecified atom stereocenters. The number of phenols is 1. The van der Waals surface area contributed by atoms with Gasteiger partial charge in [0.25, 0.3) is 0 Å². The third kappa shape index (κ3) is 4.26. The number of aromatic nitrogens is 2. The largest absolute Gasteiger partial charge is 0.508 e. The third-order valence-corrected chi connectivity index (χ3v) is 9.83. The second-order valence-corrected chi connectivity index (χ2v) is 12.7. The monoisotopic (exact) mass is 583 g/mol. The molecule has 0 amide bonds. The Labute approximate surface area is 244 Å². The van der Waals surface area contributed by atoms with Gasteiger partial charge in [0, 0.05) is 30.2 Å². The average molecular weight is 585 g/mol. The van der Waals surface area contributed by atoms with Crippen molar-refractivity contribution in [3.63, 3.8) is 0 Å². The standard InChI is InChI=1S/C30H35Cl2N5O3/c1-17(2)24-20(11-19(38)12-22(24)31)21-13-23-25-27(26(21)32)39-15-18-14-33-7-10-37(18)28(25)35-29(34-23)40-16-30-5-3-8-36(30)9-4-6-30/h11-13,17-18,33,38H,3-10,14-16H2,1-2H3. The highest BCUT2D eigenvalue weighted by molar-refractivity contribution is 6.37. The number of ether oxygens (including phenoxy) is 2. The van der Waals surface area contributed by atoms with E-state index in [9.17, 15) is 5.11 Å². The molecule has 8 nitrogen and oxygen atoms in total. The lowest BCUT2D eigenvalue weighted by molar-refractivity contribution is 0.108. The van der Waals surface area contributed by atoms with E-state index < -0.39 is 0 Å². The van der Waals surface area contributed by atoms with Crippen LogP contribution in [0.3, 0.4) is 0 Å². The summed E-state index contributed by atoms with van der Waals surface area (Å²) in [5.74, 6) is 1.56. The van der Waals surface area contributed by atoms with E-state index in [4.69, 9.17) is 42.6 Å². The summed E-state index contributed by atoms with van der Waals surface area (Å²) in [5, 5.41) is 15.7. The maximum atomic E-state index is 10.5. The van der Waals surface area contributed by atoms with Crippen LogP contribution in [0.2, 0.25) is 10.0 Å². The first-order chi connectivity index (χ1) is 19.3. The molecule has 0 radical (unpaired) electrons. The van der Waals surface area contributed by atoms with Crippen LogP contribution in [0.5, 0.6) is 17.5 Å². The van der Waals surface area contributed by atoms with Crippen molar-refractivity contribution >= 4 is 39.9 Å². The van der Waals surface area contributed by atoms with Gasteiger partial charge in [-0.15, -0.1) is 0 Å². The molecule has 0 saturated carbocycles. The van der Waals surface area contributed by atoms with Gasteiger partial charge < -0.3 is 24.8 Å². The topological polar surface area (TPSA) is 83.0 Å². The summed E-state index contributed by atoms with van der Waals surface area (Å²) < 4.78 is 12.9. The van der Waals surface area contributed by atoms with Gasteiger partial charge in [0.15, 0.2) is 5.75 Å². The zero-order valence-corrected chi connectivity index (χ0v) is 24.5. The van der Waals surface area contributed by atoms with Crippen LogP contribution in [0, 0.1) is 0 Å². The van der Waals surface area contributed by atoms with Gasteiger partial charge in [-0.2, -0.15) is 9.97 Å². The molecule has 0 spiro atoms. The molecule has 212 valence electrons. The number of nitrogens with one attached hydrogen (secondary N) is 1. The number of rotatable bonds is 5. The Bertz CT molecular complexity index is 1470. The summed E-state index contributed by atoms with van der Waals surface area (Å²) in [7, 11) is 0. The predicted molar refractivity (Wildman–Crippen MR) is 159 cm³/mol. The number of hydrogen-bond acceptors (Lipinski definition) is 8. The highest BCUT2D eigenvalue weighted by atomic mass is 35.5. The fourth-order valence-corrected chi connectivity index (χ4v) is 7.98. The molecule has 7 rings (SSSR count). The van der Waals surface area contributed by atoms with E-state index in [1.165, 1.54) is 12.8 Å². The van der Waals surface area contributed by atoms with Crippen molar-refractivity contribution in [3.05, 3.63) is 33.8 Å². The maximum absolute atomic E-state index is 10.5. The Morgan fingerprint density at radius 2 is 1.93 bits per heavy atom. The highest BCUT2D eigenvalue weighted by Gasteiger charge is 2.45.